The van der Waals surface area contributed by atoms with E-state index in [4.69, 9.17) is 0 Å². The summed E-state index contributed by atoms with van der Waals surface area (Å²) in [6.07, 6.45) is 9.58. The number of Topliss-reactive ketones (excluding diaryl/α,β-unsaturated/α-hetero) is 1. The molecule has 0 saturated heterocycles. The lowest BCUT2D eigenvalue weighted by Gasteiger charge is -2.23. The van der Waals surface area contributed by atoms with Crippen LogP contribution in [-0.4, -0.2) is 17.0 Å². The maximum Gasteiger partial charge on any atom is 0.132 e. The Labute approximate surface area is 112 Å². The van der Waals surface area contributed by atoms with Crippen molar-refractivity contribution in [1.29, 1.82) is 0 Å². The molecule has 18 heavy (non-hydrogen) atoms. The standard InChI is InChI=1S/C9H16O.C7H14O/c1-7-3-5-9(6-4-7)8(2)10;1-6-4-2-3-5-7(6)8/h7,9H,3-6H2,1-2H3;6-8H,2-5H2,1H3. The van der Waals surface area contributed by atoms with Crippen molar-refractivity contribution in [3.8, 4) is 0 Å². The lowest BCUT2D eigenvalue weighted by atomic mass is 9.81. The molecular formula is C16H30O2. The summed E-state index contributed by atoms with van der Waals surface area (Å²) in [4.78, 5) is 10.9. The molecule has 2 aliphatic carbocycles. The highest BCUT2D eigenvalue weighted by Crippen LogP contribution is 2.28. The van der Waals surface area contributed by atoms with Crippen LogP contribution in [0, 0.1) is 17.8 Å². The molecule has 2 aliphatic rings. The normalized spacial score (nSPS) is 36.4. The highest BCUT2D eigenvalue weighted by atomic mass is 16.3. The molecule has 0 bridgehead atoms. The van der Waals surface area contributed by atoms with Crippen molar-refractivity contribution in [3.05, 3.63) is 0 Å². The summed E-state index contributed by atoms with van der Waals surface area (Å²) >= 11 is 0. The summed E-state index contributed by atoms with van der Waals surface area (Å²) in [5, 5.41) is 9.18. The second-order valence-electron chi connectivity index (χ2n) is 6.40. The maximum atomic E-state index is 10.9. The van der Waals surface area contributed by atoms with Crippen molar-refractivity contribution >= 4 is 5.78 Å². The fraction of sp³-hybridized carbons (Fsp3) is 0.938. The van der Waals surface area contributed by atoms with Gasteiger partial charge in [0.15, 0.2) is 0 Å². The Bertz CT molecular complexity index is 231. The van der Waals surface area contributed by atoms with Crippen molar-refractivity contribution in [2.75, 3.05) is 0 Å². The van der Waals surface area contributed by atoms with Gasteiger partial charge in [0.05, 0.1) is 6.10 Å². The first-order chi connectivity index (χ1) is 8.50. The van der Waals surface area contributed by atoms with Gasteiger partial charge in [-0.3, -0.25) is 4.79 Å². The highest BCUT2D eigenvalue weighted by molar-refractivity contribution is 5.78. The monoisotopic (exact) mass is 254 g/mol. The summed E-state index contributed by atoms with van der Waals surface area (Å²) in [6.45, 7) is 6.13. The average Bonchev–Trinajstić information content (AvgIpc) is 2.34. The molecule has 2 unspecified atom stereocenters. The van der Waals surface area contributed by atoms with E-state index in [1.807, 2.05) is 0 Å². The number of hydrogen-bond donors (Lipinski definition) is 1. The molecule has 2 heteroatoms. The van der Waals surface area contributed by atoms with Crippen LogP contribution in [0.5, 0.6) is 0 Å². The Morgan fingerprint density at radius 1 is 0.944 bits per heavy atom. The third kappa shape index (κ3) is 5.51. The first-order valence-electron chi connectivity index (χ1n) is 7.69. The van der Waals surface area contributed by atoms with E-state index in [2.05, 4.69) is 13.8 Å². The molecule has 2 atom stereocenters. The van der Waals surface area contributed by atoms with Gasteiger partial charge in [0, 0.05) is 5.92 Å². The molecule has 106 valence electrons. The van der Waals surface area contributed by atoms with Crippen LogP contribution in [0.1, 0.15) is 72.1 Å². The molecule has 0 aliphatic heterocycles. The number of rotatable bonds is 1. The molecule has 0 aromatic rings. The van der Waals surface area contributed by atoms with Crippen molar-refractivity contribution in [3.63, 3.8) is 0 Å². The van der Waals surface area contributed by atoms with Crippen LogP contribution < -0.4 is 0 Å². The van der Waals surface area contributed by atoms with E-state index in [-0.39, 0.29) is 6.10 Å². The maximum absolute atomic E-state index is 10.9. The SMILES string of the molecule is CC(=O)C1CCC(C)CC1.CC1CCCCC1O. The summed E-state index contributed by atoms with van der Waals surface area (Å²) in [7, 11) is 0. The van der Waals surface area contributed by atoms with Gasteiger partial charge in [-0.1, -0.05) is 39.5 Å². The summed E-state index contributed by atoms with van der Waals surface area (Å²) in [6, 6.07) is 0. The average molecular weight is 254 g/mol. The van der Waals surface area contributed by atoms with Gasteiger partial charge >= 0.3 is 0 Å². The number of aliphatic hydroxyl groups is 1. The van der Waals surface area contributed by atoms with E-state index in [1.54, 1.807) is 6.92 Å². The van der Waals surface area contributed by atoms with Crippen LogP contribution in [0.2, 0.25) is 0 Å². The Hall–Kier alpha value is -0.370. The Morgan fingerprint density at radius 3 is 1.89 bits per heavy atom. The van der Waals surface area contributed by atoms with Gasteiger partial charge in [0.25, 0.3) is 0 Å². The first-order valence-corrected chi connectivity index (χ1v) is 7.69. The largest absolute Gasteiger partial charge is 0.393 e. The number of ketones is 1. The topological polar surface area (TPSA) is 37.3 Å². The molecule has 2 rings (SSSR count). The zero-order chi connectivity index (χ0) is 13.5. The summed E-state index contributed by atoms with van der Waals surface area (Å²) in [5.74, 6) is 2.21. The van der Waals surface area contributed by atoms with Gasteiger partial charge in [-0.2, -0.15) is 0 Å². The van der Waals surface area contributed by atoms with Crippen molar-refractivity contribution in [1.82, 2.24) is 0 Å². The smallest absolute Gasteiger partial charge is 0.132 e. The number of carbonyl (C=O) groups is 1. The Balaban J connectivity index is 0.000000184. The minimum Gasteiger partial charge on any atom is -0.393 e. The van der Waals surface area contributed by atoms with Gasteiger partial charge in [0.1, 0.15) is 5.78 Å². The van der Waals surface area contributed by atoms with E-state index in [9.17, 15) is 9.90 Å². The van der Waals surface area contributed by atoms with E-state index in [0.29, 0.717) is 17.6 Å². The zero-order valence-electron chi connectivity index (χ0n) is 12.3. The lowest BCUT2D eigenvalue weighted by Crippen LogP contribution is -2.21. The van der Waals surface area contributed by atoms with Gasteiger partial charge < -0.3 is 5.11 Å². The van der Waals surface area contributed by atoms with Crippen LogP contribution in [0.15, 0.2) is 0 Å². The zero-order valence-corrected chi connectivity index (χ0v) is 12.3. The number of aliphatic hydroxyl groups excluding tert-OH is 1. The van der Waals surface area contributed by atoms with Crippen LogP contribution in [0.4, 0.5) is 0 Å². The third-order valence-electron chi connectivity index (χ3n) is 4.66. The van der Waals surface area contributed by atoms with Crippen molar-refractivity contribution < 1.29 is 9.90 Å². The van der Waals surface area contributed by atoms with Crippen LogP contribution >= 0.6 is 0 Å². The van der Waals surface area contributed by atoms with Gasteiger partial charge in [-0.05, 0) is 44.4 Å². The minimum atomic E-state index is 0.00347. The number of hydrogen-bond acceptors (Lipinski definition) is 2. The minimum absolute atomic E-state index is 0.00347. The van der Waals surface area contributed by atoms with E-state index < -0.39 is 0 Å². The van der Waals surface area contributed by atoms with E-state index >= 15 is 0 Å². The highest BCUT2D eigenvalue weighted by Gasteiger charge is 2.20. The van der Waals surface area contributed by atoms with E-state index in [1.165, 1.54) is 32.1 Å². The predicted molar refractivity (Wildman–Crippen MR) is 75.4 cm³/mol. The second kappa shape index (κ2) is 7.93. The van der Waals surface area contributed by atoms with Crippen LogP contribution in [0.3, 0.4) is 0 Å². The van der Waals surface area contributed by atoms with Gasteiger partial charge in [-0.15, -0.1) is 0 Å². The predicted octanol–water partition coefficient (Wildman–Crippen LogP) is 3.96. The van der Waals surface area contributed by atoms with Crippen LogP contribution in [-0.2, 0) is 4.79 Å². The Morgan fingerprint density at radius 2 is 1.50 bits per heavy atom. The second-order valence-corrected chi connectivity index (χ2v) is 6.40. The lowest BCUT2D eigenvalue weighted by molar-refractivity contribution is -0.121. The molecule has 0 heterocycles. The van der Waals surface area contributed by atoms with Gasteiger partial charge in [-0.25, -0.2) is 0 Å². The van der Waals surface area contributed by atoms with Crippen LogP contribution in [0.25, 0.3) is 0 Å². The fourth-order valence-corrected chi connectivity index (χ4v) is 2.96. The quantitative estimate of drug-likeness (QED) is 0.769. The Kier molecular flexibility index (Phi) is 6.91. The molecule has 2 saturated carbocycles. The third-order valence-corrected chi connectivity index (χ3v) is 4.66. The van der Waals surface area contributed by atoms with Crippen molar-refractivity contribution in [2.45, 2.75) is 78.2 Å². The summed E-state index contributed by atoms with van der Waals surface area (Å²) in [5.41, 5.74) is 0. The van der Waals surface area contributed by atoms with Gasteiger partial charge in [0.2, 0.25) is 0 Å². The fourth-order valence-electron chi connectivity index (χ4n) is 2.96. The first kappa shape index (κ1) is 15.7. The molecule has 2 nitrogen and oxygen atoms in total. The molecule has 0 aromatic carbocycles. The van der Waals surface area contributed by atoms with Crippen molar-refractivity contribution in [2.24, 2.45) is 17.8 Å². The molecule has 2 fully saturated rings. The van der Waals surface area contributed by atoms with E-state index in [0.717, 1.165) is 25.2 Å². The number of carbonyl (C=O) groups excluding carboxylic acids is 1. The molecule has 0 radical (unpaired) electrons. The molecule has 0 spiro atoms. The molecule has 0 aromatic heterocycles. The molecule has 0 amide bonds. The summed E-state index contributed by atoms with van der Waals surface area (Å²) < 4.78 is 0. The molecular weight excluding hydrogens is 224 g/mol. The molecule has 1 N–H and O–H groups in total.